The average Bonchev–Trinajstić information content (AvgIpc) is 3.13. The van der Waals surface area contributed by atoms with Crippen LogP contribution in [0.5, 0.6) is 17.2 Å². The molecule has 0 aliphatic heterocycles. The molecule has 0 radical (unpaired) electrons. The summed E-state index contributed by atoms with van der Waals surface area (Å²) in [5.74, 6) is 0.809. The lowest BCUT2D eigenvalue weighted by atomic mass is 10.1. The molecule has 2 N–H and O–H groups in total. The van der Waals surface area contributed by atoms with E-state index in [9.17, 15) is 4.79 Å². The van der Waals surface area contributed by atoms with Crippen molar-refractivity contribution in [1.29, 1.82) is 0 Å². The Morgan fingerprint density at radius 1 is 1.00 bits per heavy atom. The second kappa shape index (κ2) is 8.63. The summed E-state index contributed by atoms with van der Waals surface area (Å²) in [4.78, 5) is 12.0. The van der Waals surface area contributed by atoms with E-state index in [0.29, 0.717) is 45.1 Å². The Balaban J connectivity index is 2.06. The van der Waals surface area contributed by atoms with Gasteiger partial charge in [-0.2, -0.15) is 5.10 Å². The van der Waals surface area contributed by atoms with Crippen molar-refractivity contribution in [2.75, 3.05) is 21.3 Å². The van der Waals surface area contributed by atoms with Crippen LogP contribution in [0, 0.1) is 0 Å². The maximum Gasteiger partial charge on any atom is 0.267 e. The number of carbonyl (C=O) groups excluding carboxylic acids is 1. The number of benzene rings is 2. The van der Waals surface area contributed by atoms with E-state index >= 15 is 0 Å². The minimum atomic E-state index is -0.601. The van der Waals surface area contributed by atoms with E-state index in [0.717, 1.165) is 5.56 Å². The highest BCUT2D eigenvalue weighted by Crippen LogP contribution is 2.41. The van der Waals surface area contributed by atoms with E-state index in [4.69, 9.17) is 43.1 Å². The summed E-state index contributed by atoms with van der Waals surface area (Å²) in [6.45, 7) is 0.291. The van der Waals surface area contributed by atoms with E-state index in [1.807, 2.05) is 0 Å². The van der Waals surface area contributed by atoms with E-state index < -0.39 is 5.91 Å². The van der Waals surface area contributed by atoms with Crippen LogP contribution >= 0.6 is 23.2 Å². The molecule has 0 saturated carbocycles. The summed E-state index contributed by atoms with van der Waals surface area (Å²) in [7, 11) is 4.58. The number of hydrogen-bond acceptors (Lipinski definition) is 5. The maximum atomic E-state index is 12.0. The molecule has 9 heteroatoms. The van der Waals surface area contributed by atoms with Gasteiger partial charge in [-0.15, -0.1) is 0 Å². The highest BCUT2D eigenvalue weighted by molar-refractivity contribution is 6.42. The zero-order valence-electron chi connectivity index (χ0n) is 16.0. The zero-order chi connectivity index (χ0) is 21.1. The van der Waals surface area contributed by atoms with Crippen molar-refractivity contribution in [2.24, 2.45) is 5.73 Å². The Kier molecular flexibility index (Phi) is 6.20. The molecular weight excluding hydrogens is 417 g/mol. The van der Waals surface area contributed by atoms with E-state index in [1.165, 1.54) is 26.0 Å². The number of carbonyl (C=O) groups is 1. The van der Waals surface area contributed by atoms with Crippen molar-refractivity contribution in [2.45, 2.75) is 6.54 Å². The Hall–Kier alpha value is -2.90. The molecule has 0 atom stereocenters. The third-order valence-electron chi connectivity index (χ3n) is 4.31. The molecule has 1 aromatic heterocycles. The average molecular weight is 436 g/mol. The number of nitrogens with zero attached hydrogens (tertiary/aromatic N) is 2. The largest absolute Gasteiger partial charge is 0.493 e. The van der Waals surface area contributed by atoms with Crippen molar-refractivity contribution in [3.63, 3.8) is 0 Å². The molecule has 0 aliphatic carbocycles. The minimum Gasteiger partial charge on any atom is -0.493 e. The molecule has 0 fully saturated rings. The predicted octanol–water partition coefficient (Wildman–Crippen LogP) is 4.03. The first-order valence-corrected chi connectivity index (χ1v) is 9.25. The fraction of sp³-hybridized carbons (Fsp3) is 0.200. The number of primary amides is 1. The standard InChI is InChI=1S/C20H19Cl2N3O4/c1-27-17-7-12(8-18(28-2)19(17)29-3)15-9-16(20(23)26)25(24-15)10-11-4-5-13(21)14(22)6-11/h4-9H,10H2,1-3H3,(H2,23,26). The van der Waals surface area contributed by atoms with Gasteiger partial charge in [-0.05, 0) is 35.9 Å². The van der Waals surface area contributed by atoms with Crippen molar-refractivity contribution < 1.29 is 19.0 Å². The van der Waals surface area contributed by atoms with Crippen LogP contribution in [0.4, 0.5) is 0 Å². The summed E-state index contributed by atoms with van der Waals surface area (Å²) in [6, 6.07) is 10.3. The van der Waals surface area contributed by atoms with Crippen LogP contribution in [0.3, 0.4) is 0 Å². The van der Waals surface area contributed by atoms with Gasteiger partial charge in [0.1, 0.15) is 5.69 Å². The second-order valence-electron chi connectivity index (χ2n) is 6.10. The number of ether oxygens (including phenoxy) is 3. The third kappa shape index (κ3) is 4.26. The van der Waals surface area contributed by atoms with Gasteiger partial charge < -0.3 is 19.9 Å². The molecule has 0 spiro atoms. The normalized spacial score (nSPS) is 10.7. The summed E-state index contributed by atoms with van der Waals surface area (Å²) in [6.07, 6.45) is 0. The molecular formula is C20H19Cl2N3O4. The minimum absolute atomic E-state index is 0.250. The number of aromatic nitrogens is 2. The topological polar surface area (TPSA) is 88.6 Å². The van der Waals surface area contributed by atoms with Gasteiger partial charge in [0.05, 0.1) is 43.6 Å². The van der Waals surface area contributed by atoms with E-state index in [-0.39, 0.29) is 5.69 Å². The highest BCUT2D eigenvalue weighted by Gasteiger charge is 2.19. The van der Waals surface area contributed by atoms with Gasteiger partial charge >= 0.3 is 0 Å². The number of halogens is 2. The van der Waals surface area contributed by atoms with E-state index in [1.54, 1.807) is 36.4 Å². The maximum absolute atomic E-state index is 12.0. The predicted molar refractivity (Wildman–Crippen MR) is 111 cm³/mol. The molecule has 152 valence electrons. The summed E-state index contributed by atoms with van der Waals surface area (Å²) in [5.41, 5.74) is 7.83. The Morgan fingerprint density at radius 2 is 1.66 bits per heavy atom. The van der Waals surface area contributed by atoms with Crippen LogP contribution < -0.4 is 19.9 Å². The van der Waals surface area contributed by atoms with Gasteiger partial charge in [0.25, 0.3) is 5.91 Å². The van der Waals surface area contributed by atoms with Crippen molar-refractivity contribution in [3.05, 3.63) is 57.7 Å². The second-order valence-corrected chi connectivity index (χ2v) is 6.91. The molecule has 0 unspecified atom stereocenters. The van der Waals surface area contributed by atoms with Gasteiger partial charge in [0, 0.05) is 5.56 Å². The summed E-state index contributed by atoms with van der Waals surface area (Å²) in [5, 5.41) is 5.41. The Bertz CT molecular complexity index is 1040. The third-order valence-corrected chi connectivity index (χ3v) is 5.05. The lowest BCUT2D eigenvalue weighted by molar-refractivity contribution is 0.0990. The van der Waals surface area contributed by atoms with Gasteiger partial charge in [-0.1, -0.05) is 29.3 Å². The first-order valence-electron chi connectivity index (χ1n) is 8.49. The van der Waals surface area contributed by atoms with Crippen LogP contribution in [0.2, 0.25) is 10.0 Å². The van der Waals surface area contributed by atoms with Crippen LogP contribution in [0.1, 0.15) is 16.1 Å². The molecule has 7 nitrogen and oxygen atoms in total. The molecule has 3 aromatic rings. The monoisotopic (exact) mass is 435 g/mol. The van der Waals surface area contributed by atoms with Crippen LogP contribution in [0.15, 0.2) is 36.4 Å². The number of hydrogen-bond donors (Lipinski definition) is 1. The molecule has 1 heterocycles. The quantitative estimate of drug-likeness (QED) is 0.604. The first kappa shape index (κ1) is 20.8. The molecule has 0 aliphatic rings. The molecule has 0 saturated heterocycles. The van der Waals surface area contributed by atoms with Gasteiger partial charge in [-0.25, -0.2) is 0 Å². The van der Waals surface area contributed by atoms with Crippen LogP contribution in [-0.2, 0) is 6.54 Å². The van der Waals surface area contributed by atoms with Crippen molar-refractivity contribution >= 4 is 29.1 Å². The van der Waals surface area contributed by atoms with Crippen LogP contribution in [0.25, 0.3) is 11.3 Å². The van der Waals surface area contributed by atoms with E-state index in [2.05, 4.69) is 5.10 Å². The zero-order valence-corrected chi connectivity index (χ0v) is 17.5. The first-order chi connectivity index (χ1) is 13.9. The summed E-state index contributed by atoms with van der Waals surface area (Å²) < 4.78 is 17.6. The van der Waals surface area contributed by atoms with Gasteiger partial charge in [-0.3, -0.25) is 9.48 Å². The molecule has 2 aromatic carbocycles. The van der Waals surface area contributed by atoms with Gasteiger partial charge in [0.2, 0.25) is 5.75 Å². The Labute approximate surface area is 177 Å². The lowest BCUT2D eigenvalue weighted by Crippen LogP contribution is -2.18. The number of amides is 1. The van der Waals surface area contributed by atoms with Gasteiger partial charge in [0.15, 0.2) is 11.5 Å². The fourth-order valence-corrected chi connectivity index (χ4v) is 3.24. The number of rotatable bonds is 7. The molecule has 29 heavy (non-hydrogen) atoms. The Morgan fingerprint density at radius 3 is 2.17 bits per heavy atom. The molecule has 3 rings (SSSR count). The lowest BCUT2D eigenvalue weighted by Gasteiger charge is -2.13. The van der Waals surface area contributed by atoms with Crippen molar-refractivity contribution in [3.8, 4) is 28.5 Å². The SMILES string of the molecule is COc1cc(-c2cc(C(N)=O)n(Cc3ccc(Cl)c(Cl)c3)n2)cc(OC)c1OC. The number of methoxy groups -OCH3 is 3. The smallest absolute Gasteiger partial charge is 0.267 e. The highest BCUT2D eigenvalue weighted by atomic mass is 35.5. The molecule has 1 amide bonds. The molecule has 0 bridgehead atoms. The van der Waals surface area contributed by atoms with Crippen LogP contribution in [-0.4, -0.2) is 37.0 Å². The number of nitrogens with two attached hydrogens (primary N) is 1. The van der Waals surface area contributed by atoms with Crippen molar-refractivity contribution in [1.82, 2.24) is 9.78 Å². The summed E-state index contributed by atoms with van der Waals surface area (Å²) >= 11 is 12.1. The fourth-order valence-electron chi connectivity index (χ4n) is 2.92.